The van der Waals surface area contributed by atoms with Gasteiger partial charge >= 0.3 is 0 Å². The zero-order valence-corrected chi connectivity index (χ0v) is 22.8. The minimum Gasteiger partial charge on any atom is -0.491 e. The molecule has 2 aromatic heterocycles. The third kappa shape index (κ3) is 6.79. The largest absolute Gasteiger partial charge is 0.491 e. The predicted octanol–water partition coefficient (Wildman–Crippen LogP) is 3.92. The molecule has 3 heterocycles. The summed E-state index contributed by atoms with van der Waals surface area (Å²) in [6.07, 6.45) is 7.16. The summed E-state index contributed by atoms with van der Waals surface area (Å²) in [5.74, 6) is 1.31. The van der Waals surface area contributed by atoms with Gasteiger partial charge in [-0.05, 0) is 75.2 Å². The first-order chi connectivity index (χ1) is 18.8. The van der Waals surface area contributed by atoms with E-state index >= 15 is 0 Å². The van der Waals surface area contributed by atoms with E-state index in [4.69, 9.17) is 4.74 Å². The van der Waals surface area contributed by atoms with Gasteiger partial charge in [0.15, 0.2) is 0 Å². The average Bonchev–Trinajstić information content (AvgIpc) is 3.36. The Hall–Kier alpha value is -3.82. The molecule has 1 fully saturated rings. The van der Waals surface area contributed by atoms with Gasteiger partial charge in [0.1, 0.15) is 5.75 Å². The van der Waals surface area contributed by atoms with E-state index in [1.165, 1.54) is 0 Å². The lowest BCUT2D eigenvalue weighted by Gasteiger charge is -2.32. The Morgan fingerprint density at radius 3 is 2.62 bits per heavy atom. The van der Waals surface area contributed by atoms with Gasteiger partial charge in [-0.3, -0.25) is 9.78 Å². The van der Waals surface area contributed by atoms with Crippen molar-refractivity contribution in [3.63, 3.8) is 0 Å². The molecule has 1 aromatic carbocycles. The quantitative estimate of drug-likeness (QED) is 0.431. The van der Waals surface area contributed by atoms with Gasteiger partial charge in [-0.1, -0.05) is 6.07 Å². The predicted molar refractivity (Wildman–Crippen MR) is 152 cm³/mol. The van der Waals surface area contributed by atoms with Crippen molar-refractivity contribution < 1.29 is 14.6 Å². The molecule has 0 bridgehead atoms. The highest BCUT2D eigenvalue weighted by molar-refractivity contribution is 6.00. The van der Waals surface area contributed by atoms with Crippen LogP contribution in [0.15, 0.2) is 54.4 Å². The van der Waals surface area contributed by atoms with Crippen molar-refractivity contribution in [2.45, 2.75) is 45.3 Å². The van der Waals surface area contributed by atoms with Crippen LogP contribution in [0, 0.1) is 0 Å². The van der Waals surface area contributed by atoms with E-state index < -0.39 is 0 Å². The van der Waals surface area contributed by atoms with Gasteiger partial charge in [-0.15, -0.1) is 0 Å². The van der Waals surface area contributed by atoms with Crippen LogP contribution in [-0.2, 0) is 11.2 Å². The highest BCUT2D eigenvalue weighted by Gasteiger charge is 2.25. The number of aromatic nitrogens is 3. The normalized spacial score (nSPS) is 16.8. The standard InChI is InChI=1S/C30H36N6O3/c1-20(37)4-5-21(2)39-26-8-10-31-28(19-26)27-9-11-32-30(34-27)33-25-7-6-22-16-24(17-23(22)18-25)29(38)36-14-12-35(3)13-15-36/h6-11,17-21,37H,4-5,12-16H2,1-3H3,(H,32,33,34). The van der Waals surface area contributed by atoms with Crippen LogP contribution in [0.1, 0.15) is 37.8 Å². The van der Waals surface area contributed by atoms with Crippen LogP contribution in [0.4, 0.5) is 11.6 Å². The van der Waals surface area contributed by atoms with Crippen molar-refractivity contribution in [3.05, 3.63) is 65.5 Å². The fourth-order valence-electron chi connectivity index (χ4n) is 4.84. The number of nitrogens with zero attached hydrogens (tertiary/aromatic N) is 5. The number of amides is 1. The number of nitrogens with one attached hydrogen (secondary N) is 1. The van der Waals surface area contributed by atoms with Crippen LogP contribution in [0.25, 0.3) is 17.5 Å². The van der Waals surface area contributed by atoms with Crippen molar-refractivity contribution in [2.24, 2.45) is 0 Å². The highest BCUT2D eigenvalue weighted by atomic mass is 16.5. The summed E-state index contributed by atoms with van der Waals surface area (Å²) >= 11 is 0. The summed E-state index contributed by atoms with van der Waals surface area (Å²) in [6, 6.07) is 11.6. The van der Waals surface area contributed by atoms with Crippen molar-refractivity contribution >= 4 is 23.6 Å². The lowest BCUT2D eigenvalue weighted by atomic mass is 10.1. The molecule has 2 unspecified atom stereocenters. The van der Waals surface area contributed by atoms with Crippen LogP contribution in [0.2, 0.25) is 0 Å². The maximum absolute atomic E-state index is 13.0. The number of ether oxygens (including phenoxy) is 1. The zero-order valence-electron chi connectivity index (χ0n) is 22.8. The molecule has 1 aliphatic heterocycles. The number of aliphatic hydroxyl groups is 1. The number of likely N-dealkylation sites (N-methyl/N-ethyl adjacent to an activating group) is 1. The number of benzene rings is 1. The Balaban J connectivity index is 1.26. The second-order valence-electron chi connectivity index (χ2n) is 10.5. The first-order valence-electron chi connectivity index (χ1n) is 13.6. The number of aliphatic hydroxyl groups excluding tert-OH is 1. The van der Waals surface area contributed by atoms with E-state index in [0.29, 0.717) is 35.9 Å². The number of carbonyl (C=O) groups is 1. The number of pyridine rings is 1. The van der Waals surface area contributed by atoms with E-state index in [9.17, 15) is 9.90 Å². The average molecular weight is 529 g/mol. The molecule has 0 spiro atoms. The molecule has 5 rings (SSSR count). The Kier molecular flexibility index (Phi) is 8.18. The maximum atomic E-state index is 13.0. The molecule has 2 aliphatic rings. The molecule has 9 nitrogen and oxygen atoms in total. The highest BCUT2D eigenvalue weighted by Crippen LogP contribution is 2.30. The van der Waals surface area contributed by atoms with Gasteiger partial charge in [0.25, 0.3) is 0 Å². The number of anilines is 2. The molecule has 2 atom stereocenters. The van der Waals surface area contributed by atoms with E-state index in [1.54, 1.807) is 19.3 Å². The maximum Gasteiger partial charge on any atom is 0.250 e. The molecule has 0 radical (unpaired) electrons. The molecule has 9 heteroatoms. The van der Waals surface area contributed by atoms with Gasteiger partial charge < -0.3 is 25.0 Å². The molecule has 39 heavy (non-hydrogen) atoms. The fourth-order valence-corrected chi connectivity index (χ4v) is 4.84. The van der Waals surface area contributed by atoms with Crippen molar-refractivity contribution in [3.8, 4) is 17.1 Å². The molecule has 1 saturated heterocycles. The van der Waals surface area contributed by atoms with Crippen LogP contribution in [0.5, 0.6) is 5.75 Å². The fraction of sp³-hybridized carbons (Fsp3) is 0.400. The second-order valence-corrected chi connectivity index (χ2v) is 10.5. The molecule has 204 valence electrons. The van der Waals surface area contributed by atoms with E-state index in [2.05, 4.69) is 38.3 Å². The molecule has 1 aliphatic carbocycles. The van der Waals surface area contributed by atoms with Gasteiger partial charge in [0.05, 0.1) is 23.6 Å². The van der Waals surface area contributed by atoms with E-state index in [0.717, 1.165) is 55.0 Å². The Bertz CT molecular complexity index is 1350. The Morgan fingerprint density at radius 2 is 1.82 bits per heavy atom. The van der Waals surface area contributed by atoms with Gasteiger partial charge in [0.2, 0.25) is 11.9 Å². The van der Waals surface area contributed by atoms with Crippen molar-refractivity contribution in [1.29, 1.82) is 0 Å². The van der Waals surface area contributed by atoms with Gasteiger partial charge in [-0.2, -0.15) is 0 Å². The third-order valence-corrected chi connectivity index (χ3v) is 7.16. The van der Waals surface area contributed by atoms with E-state index in [-0.39, 0.29) is 18.1 Å². The monoisotopic (exact) mass is 528 g/mol. The molecule has 1 amide bonds. The first kappa shape index (κ1) is 26.8. The van der Waals surface area contributed by atoms with E-state index in [1.807, 2.05) is 48.2 Å². The summed E-state index contributed by atoms with van der Waals surface area (Å²) in [7, 11) is 2.09. The molecular weight excluding hydrogens is 492 g/mol. The van der Waals surface area contributed by atoms with Crippen LogP contribution < -0.4 is 10.1 Å². The number of hydrogen-bond donors (Lipinski definition) is 2. The molecule has 2 N–H and O–H groups in total. The smallest absolute Gasteiger partial charge is 0.250 e. The number of rotatable bonds is 9. The van der Waals surface area contributed by atoms with Crippen molar-refractivity contribution in [2.75, 3.05) is 38.5 Å². The summed E-state index contributed by atoms with van der Waals surface area (Å²) in [5.41, 5.74) is 5.26. The first-order valence-corrected chi connectivity index (χ1v) is 13.6. The van der Waals surface area contributed by atoms with Crippen LogP contribution >= 0.6 is 0 Å². The van der Waals surface area contributed by atoms with Gasteiger partial charge in [-0.25, -0.2) is 9.97 Å². The number of carbonyl (C=O) groups excluding carboxylic acids is 1. The number of hydrogen-bond acceptors (Lipinski definition) is 8. The summed E-state index contributed by atoms with van der Waals surface area (Å²) in [5, 5.41) is 12.8. The molecular formula is C30H36N6O3. The minimum atomic E-state index is -0.343. The lowest BCUT2D eigenvalue weighted by Crippen LogP contribution is -2.47. The van der Waals surface area contributed by atoms with Gasteiger partial charge in [0, 0.05) is 62.3 Å². The Labute approximate surface area is 229 Å². The zero-order chi connectivity index (χ0) is 27.4. The Morgan fingerprint density at radius 1 is 1.03 bits per heavy atom. The third-order valence-electron chi connectivity index (χ3n) is 7.16. The second kappa shape index (κ2) is 11.9. The summed E-state index contributed by atoms with van der Waals surface area (Å²) in [6.45, 7) is 7.15. The lowest BCUT2D eigenvalue weighted by molar-refractivity contribution is -0.128. The van der Waals surface area contributed by atoms with Crippen molar-refractivity contribution in [1.82, 2.24) is 24.8 Å². The number of fused-ring (bicyclic) bond motifs is 1. The summed E-state index contributed by atoms with van der Waals surface area (Å²) in [4.78, 5) is 30.8. The SMILES string of the molecule is CC(O)CCC(C)Oc1ccnc(-c2ccnc(Nc3ccc4c(c3)C=C(C(=O)N3CCN(C)CC3)C4)n2)c1. The summed E-state index contributed by atoms with van der Waals surface area (Å²) < 4.78 is 6.02. The van der Waals surface area contributed by atoms with Crippen LogP contribution in [-0.4, -0.2) is 81.2 Å². The minimum absolute atomic E-state index is 0.0243. The van der Waals surface area contributed by atoms with Crippen LogP contribution in [0.3, 0.4) is 0 Å². The molecule has 0 saturated carbocycles. The number of piperazine rings is 1. The topological polar surface area (TPSA) is 104 Å². The molecule has 3 aromatic rings.